The van der Waals surface area contributed by atoms with E-state index in [1.807, 2.05) is 0 Å². The molecule has 92 valence electrons. The molecule has 8 heteroatoms. The van der Waals surface area contributed by atoms with Gasteiger partial charge >= 0.3 is 17.9 Å². The molecular weight excluding hydrogens is 238 g/mol. The van der Waals surface area contributed by atoms with E-state index in [1.165, 1.54) is 0 Å². The zero-order valence-corrected chi connectivity index (χ0v) is 9.29. The van der Waals surface area contributed by atoms with E-state index in [9.17, 15) is 14.4 Å². The number of rotatable bonds is 4. The number of carboxylic acids is 3. The molecule has 0 rings (SSSR count). The summed E-state index contributed by atoms with van der Waals surface area (Å²) in [6.45, 7) is 1.64. The van der Waals surface area contributed by atoms with Gasteiger partial charge < -0.3 is 21.1 Å². The van der Waals surface area contributed by atoms with Crippen molar-refractivity contribution in [1.82, 2.24) is 0 Å². The fourth-order valence-corrected chi connectivity index (χ4v) is 0.476. The molecule has 5 N–H and O–H groups in total. The third kappa shape index (κ3) is 12.5. The lowest BCUT2D eigenvalue weighted by Gasteiger charge is -2.07. The molecule has 0 aliphatic heterocycles. The van der Waals surface area contributed by atoms with Gasteiger partial charge in [0.05, 0.1) is 0 Å². The molecule has 0 saturated heterocycles. The predicted molar refractivity (Wildman–Crippen MR) is 58.5 cm³/mol. The van der Waals surface area contributed by atoms with Gasteiger partial charge in [-0.3, -0.25) is 4.79 Å². The van der Waals surface area contributed by atoms with Crippen molar-refractivity contribution in [2.75, 3.05) is 0 Å². The van der Waals surface area contributed by atoms with Gasteiger partial charge in [0.15, 0.2) is 0 Å². The molecule has 0 aromatic heterocycles. The van der Waals surface area contributed by atoms with E-state index in [1.54, 1.807) is 6.92 Å². The molecule has 0 bridgehead atoms. The predicted octanol–water partition coefficient (Wildman–Crippen LogP) is -0.572. The molecule has 0 radical (unpaired) electrons. The third-order valence-corrected chi connectivity index (χ3v) is 1.49. The van der Waals surface area contributed by atoms with Gasteiger partial charge in [-0.05, 0) is 0 Å². The molecule has 0 spiro atoms. The SMILES string of the molecule is CC(S)C(N)C(=O)O.O=C(O)/C=C\C(=O)O. The topological polar surface area (TPSA) is 138 Å². The van der Waals surface area contributed by atoms with Gasteiger partial charge in [-0.2, -0.15) is 12.6 Å². The van der Waals surface area contributed by atoms with Crippen LogP contribution < -0.4 is 5.73 Å². The van der Waals surface area contributed by atoms with Gasteiger partial charge in [0.25, 0.3) is 0 Å². The maximum Gasteiger partial charge on any atom is 0.328 e. The monoisotopic (exact) mass is 251 g/mol. The molecule has 0 heterocycles. The maximum atomic E-state index is 9.97. The van der Waals surface area contributed by atoms with E-state index in [2.05, 4.69) is 12.6 Å². The number of hydrogen-bond donors (Lipinski definition) is 5. The Labute approximate surface area is 97.0 Å². The van der Waals surface area contributed by atoms with Gasteiger partial charge in [-0.25, -0.2) is 9.59 Å². The van der Waals surface area contributed by atoms with Gasteiger partial charge in [0.2, 0.25) is 0 Å². The zero-order valence-electron chi connectivity index (χ0n) is 8.40. The summed E-state index contributed by atoms with van der Waals surface area (Å²) in [5.41, 5.74) is 5.08. The Hall–Kier alpha value is -1.54. The summed E-state index contributed by atoms with van der Waals surface area (Å²) >= 11 is 3.83. The first kappa shape index (κ1) is 16.9. The second kappa shape index (κ2) is 8.74. The van der Waals surface area contributed by atoms with E-state index in [0.29, 0.717) is 12.2 Å². The highest BCUT2D eigenvalue weighted by atomic mass is 32.1. The summed E-state index contributed by atoms with van der Waals surface area (Å²) in [5, 5.41) is 23.5. The van der Waals surface area contributed by atoms with Crippen LogP contribution in [0.2, 0.25) is 0 Å². The molecule has 7 nitrogen and oxygen atoms in total. The van der Waals surface area contributed by atoms with Crippen LogP contribution in [0.5, 0.6) is 0 Å². The number of carboxylic acid groups (broad SMARTS) is 3. The molecule has 0 aliphatic rings. The molecule has 0 amide bonds. The van der Waals surface area contributed by atoms with Crippen LogP contribution in [-0.4, -0.2) is 44.5 Å². The van der Waals surface area contributed by atoms with Crippen LogP contribution in [-0.2, 0) is 14.4 Å². The van der Waals surface area contributed by atoms with Crippen molar-refractivity contribution in [3.05, 3.63) is 12.2 Å². The van der Waals surface area contributed by atoms with E-state index in [0.717, 1.165) is 0 Å². The lowest BCUT2D eigenvalue weighted by molar-refractivity contribution is -0.138. The lowest BCUT2D eigenvalue weighted by atomic mass is 10.2. The third-order valence-electron chi connectivity index (χ3n) is 1.17. The average molecular weight is 251 g/mol. The first-order valence-corrected chi connectivity index (χ1v) is 4.50. The Balaban J connectivity index is 0. The van der Waals surface area contributed by atoms with Gasteiger partial charge in [-0.15, -0.1) is 0 Å². The fourth-order valence-electron chi connectivity index (χ4n) is 0.349. The molecule has 0 aromatic carbocycles. The average Bonchev–Trinajstić information content (AvgIpc) is 2.14. The van der Waals surface area contributed by atoms with E-state index >= 15 is 0 Å². The zero-order chi connectivity index (χ0) is 13.3. The molecule has 0 fully saturated rings. The lowest BCUT2D eigenvalue weighted by Crippen LogP contribution is -2.37. The Morgan fingerprint density at radius 1 is 1.12 bits per heavy atom. The number of hydrogen-bond acceptors (Lipinski definition) is 5. The number of thiol groups is 1. The van der Waals surface area contributed by atoms with E-state index in [4.69, 9.17) is 21.1 Å². The highest BCUT2D eigenvalue weighted by Gasteiger charge is 2.15. The van der Waals surface area contributed by atoms with Crippen LogP contribution in [0.25, 0.3) is 0 Å². The number of nitrogens with two attached hydrogens (primary N) is 1. The van der Waals surface area contributed by atoms with Crippen LogP contribution >= 0.6 is 12.6 Å². The summed E-state index contributed by atoms with van der Waals surface area (Å²) in [7, 11) is 0. The van der Waals surface area contributed by atoms with Crippen molar-refractivity contribution >= 4 is 30.5 Å². The Morgan fingerprint density at radius 3 is 1.50 bits per heavy atom. The van der Waals surface area contributed by atoms with Gasteiger partial charge in [0.1, 0.15) is 6.04 Å². The largest absolute Gasteiger partial charge is 0.480 e. The normalized spacial score (nSPS) is 13.4. The Kier molecular flexibility index (Phi) is 9.22. The van der Waals surface area contributed by atoms with Crippen LogP contribution in [0.3, 0.4) is 0 Å². The van der Waals surface area contributed by atoms with Crippen LogP contribution in [0.4, 0.5) is 0 Å². The molecule has 16 heavy (non-hydrogen) atoms. The summed E-state index contributed by atoms with van der Waals surface area (Å²) in [4.78, 5) is 29.1. The fraction of sp³-hybridized carbons (Fsp3) is 0.375. The second-order valence-corrected chi connectivity index (χ2v) is 3.43. The molecule has 0 aromatic rings. The summed E-state index contributed by atoms with van der Waals surface area (Å²) < 4.78 is 0. The van der Waals surface area contributed by atoms with Crippen molar-refractivity contribution in [2.45, 2.75) is 18.2 Å². The van der Waals surface area contributed by atoms with Crippen molar-refractivity contribution in [3.8, 4) is 0 Å². The first-order chi connectivity index (χ1) is 7.18. The maximum absolute atomic E-state index is 9.97. The van der Waals surface area contributed by atoms with Crippen LogP contribution in [0.1, 0.15) is 6.92 Å². The van der Waals surface area contributed by atoms with Crippen LogP contribution in [0, 0.1) is 0 Å². The van der Waals surface area contributed by atoms with Crippen molar-refractivity contribution < 1.29 is 29.7 Å². The molecule has 0 aliphatic carbocycles. The highest BCUT2D eigenvalue weighted by molar-refractivity contribution is 7.81. The summed E-state index contributed by atoms with van der Waals surface area (Å²) in [6, 6.07) is -0.849. The molecular formula is C8H13NO6S. The van der Waals surface area contributed by atoms with Crippen LogP contribution in [0.15, 0.2) is 12.2 Å². The standard InChI is InChI=1S/C4H9NO2S.C4H4O4/c1-2(8)3(5)4(6)7;5-3(6)1-2-4(7)8/h2-3,8H,5H2,1H3,(H,6,7);1-2H,(H,5,6)(H,7,8)/b;2-1-. The molecule has 0 saturated carbocycles. The summed E-state index contributed by atoms with van der Waals surface area (Å²) in [5.74, 6) is -3.52. The van der Waals surface area contributed by atoms with Gasteiger partial charge in [-0.1, -0.05) is 6.92 Å². The minimum atomic E-state index is -1.26. The highest BCUT2D eigenvalue weighted by Crippen LogP contribution is 1.96. The quantitative estimate of drug-likeness (QED) is 0.333. The molecule has 2 unspecified atom stereocenters. The summed E-state index contributed by atoms with van der Waals surface area (Å²) in [6.07, 6.45) is 1.12. The second-order valence-electron chi connectivity index (χ2n) is 2.61. The van der Waals surface area contributed by atoms with E-state index in [-0.39, 0.29) is 5.25 Å². The minimum Gasteiger partial charge on any atom is -0.480 e. The first-order valence-electron chi connectivity index (χ1n) is 3.98. The number of carbonyl (C=O) groups is 3. The van der Waals surface area contributed by atoms with Crippen molar-refractivity contribution in [3.63, 3.8) is 0 Å². The smallest absolute Gasteiger partial charge is 0.328 e. The Bertz CT molecular complexity index is 272. The van der Waals surface area contributed by atoms with Gasteiger partial charge in [0, 0.05) is 17.4 Å². The number of aliphatic carboxylic acids is 3. The van der Waals surface area contributed by atoms with Crippen molar-refractivity contribution in [2.24, 2.45) is 5.73 Å². The molecule has 2 atom stereocenters. The Morgan fingerprint density at radius 2 is 1.44 bits per heavy atom. The minimum absolute atomic E-state index is 0.285. The van der Waals surface area contributed by atoms with Crippen molar-refractivity contribution in [1.29, 1.82) is 0 Å². The van der Waals surface area contributed by atoms with E-state index < -0.39 is 23.9 Å².